The fourth-order valence-electron chi connectivity index (χ4n) is 6.16. The quantitative estimate of drug-likeness (QED) is 0.270. The van der Waals surface area contributed by atoms with Crippen molar-refractivity contribution in [2.75, 3.05) is 5.32 Å². The van der Waals surface area contributed by atoms with Crippen LogP contribution in [0.2, 0.25) is 0 Å². The summed E-state index contributed by atoms with van der Waals surface area (Å²) in [6.45, 7) is 1.72. The number of ether oxygens (including phenoxy) is 1. The van der Waals surface area contributed by atoms with Crippen LogP contribution in [-0.2, 0) is 12.4 Å². The van der Waals surface area contributed by atoms with Crippen molar-refractivity contribution in [3.63, 3.8) is 0 Å². The first kappa shape index (κ1) is 32.9. The minimum Gasteiger partial charge on any atom is -0.406 e. The summed E-state index contributed by atoms with van der Waals surface area (Å²) in [5.41, 5.74) is -1.60. The van der Waals surface area contributed by atoms with Crippen LogP contribution in [0, 0.1) is 6.92 Å². The molecule has 3 atom stereocenters. The number of anilines is 1. The molecular formula is C31H26F9N3O3. The average Bonchev–Trinajstić information content (AvgIpc) is 3.21. The highest BCUT2D eigenvalue weighted by Gasteiger charge is 2.44. The van der Waals surface area contributed by atoms with Gasteiger partial charge in [0, 0.05) is 29.4 Å². The Morgan fingerprint density at radius 3 is 1.89 bits per heavy atom. The lowest BCUT2D eigenvalue weighted by Gasteiger charge is -2.39. The number of halogens is 9. The molecule has 2 saturated heterocycles. The van der Waals surface area contributed by atoms with Gasteiger partial charge in [0.1, 0.15) is 5.75 Å². The number of benzene rings is 3. The summed E-state index contributed by atoms with van der Waals surface area (Å²) in [6, 6.07) is 9.03. The van der Waals surface area contributed by atoms with Crippen molar-refractivity contribution in [1.29, 1.82) is 0 Å². The zero-order chi connectivity index (χ0) is 33.6. The third-order valence-corrected chi connectivity index (χ3v) is 8.11. The molecule has 0 radical (unpaired) electrons. The topological polar surface area (TPSA) is 70.7 Å². The summed E-state index contributed by atoms with van der Waals surface area (Å²) in [7, 11) is 0. The van der Waals surface area contributed by atoms with Crippen LogP contribution in [0.25, 0.3) is 11.1 Å². The molecule has 2 heterocycles. The van der Waals surface area contributed by atoms with Crippen LogP contribution in [-0.4, -0.2) is 41.3 Å². The van der Waals surface area contributed by atoms with Gasteiger partial charge in [0.25, 0.3) is 5.91 Å². The number of hydrogen-bond acceptors (Lipinski definition) is 3. The SMILES string of the molecule is Cc1c(C(=O)N2[C@@H]3CC[C@H]2CC(NC(=O)Nc2cc(C(F)(F)F)cc(C(F)(F)F)c2)C3)cccc1-c1ccc(OC(F)(F)F)cc1. The monoisotopic (exact) mass is 659 g/mol. The largest absolute Gasteiger partial charge is 0.573 e. The van der Waals surface area contributed by atoms with Crippen LogP contribution in [0.5, 0.6) is 5.75 Å². The molecule has 2 aliphatic rings. The summed E-state index contributed by atoms with van der Waals surface area (Å²) < 4.78 is 121. The Balaban J connectivity index is 1.26. The molecule has 0 saturated carbocycles. The second kappa shape index (κ2) is 12.1. The molecule has 2 fully saturated rings. The molecule has 2 bridgehead atoms. The van der Waals surface area contributed by atoms with Gasteiger partial charge in [0.2, 0.25) is 0 Å². The van der Waals surface area contributed by atoms with E-state index in [2.05, 4.69) is 15.4 Å². The van der Waals surface area contributed by atoms with Gasteiger partial charge in [-0.05, 0) is 85.7 Å². The molecular weight excluding hydrogens is 633 g/mol. The summed E-state index contributed by atoms with van der Waals surface area (Å²) in [5.74, 6) is -0.654. The van der Waals surface area contributed by atoms with Gasteiger partial charge in [-0.1, -0.05) is 24.3 Å². The first-order valence-electron chi connectivity index (χ1n) is 14.0. The number of alkyl halides is 9. The Hall–Kier alpha value is -4.43. The van der Waals surface area contributed by atoms with Gasteiger partial charge in [-0.3, -0.25) is 4.79 Å². The fraction of sp³-hybridized carbons (Fsp3) is 0.355. The third-order valence-electron chi connectivity index (χ3n) is 8.11. The van der Waals surface area contributed by atoms with E-state index in [4.69, 9.17) is 0 Å². The van der Waals surface area contributed by atoms with Crippen LogP contribution in [0.4, 0.5) is 50.0 Å². The minimum atomic E-state index is -5.07. The van der Waals surface area contributed by atoms with Crippen LogP contribution < -0.4 is 15.4 Å². The van der Waals surface area contributed by atoms with Gasteiger partial charge >= 0.3 is 24.7 Å². The van der Waals surface area contributed by atoms with E-state index in [0.717, 1.165) is 0 Å². The number of amides is 3. The van der Waals surface area contributed by atoms with E-state index in [0.29, 0.717) is 60.1 Å². The highest BCUT2D eigenvalue weighted by Crippen LogP contribution is 2.40. The molecule has 2 aliphatic heterocycles. The van der Waals surface area contributed by atoms with E-state index in [1.54, 1.807) is 30.0 Å². The predicted octanol–water partition coefficient (Wildman–Crippen LogP) is 8.56. The molecule has 0 spiro atoms. The molecule has 1 unspecified atom stereocenters. The standard InChI is InChI=1S/C31H26F9N3O3/c1-16-25(17-5-9-24(10-6-17)46-31(38,39)40)3-2-4-26(16)27(44)43-22-7-8-23(43)15-21(14-22)42-28(45)41-20-12-18(29(32,33)34)11-19(13-20)30(35,36)37/h2-6,9-13,21-23H,7-8,14-15H2,1H3,(H2,41,42,45)/t21?,22-,23+. The number of hydrogen-bond donors (Lipinski definition) is 2. The van der Waals surface area contributed by atoms with Crippen molar-refractivity contribution >= 4 is 17.6 Å². The molecule has 0 aliphatic carbocycles. The van der Waals surface area contributed by atoms with E-state index in [1.807, 2.05) is 0 Å². The third kappa shape index (κ3) is 7.34. The normalized spacial score (nSPS) is 20.0. The fourth-order valence-corrected chi connectivity index (χ4v) is 6.16. The van der Waals surface area contributed by atoms with Gasteiger partial charge in [-0.25, -0.2) is 4.79 Å². The van der Waals surface area contributed by atoms with Gasteiger partial charge in [0.15, 0.2) is 0 Å². The van der Waals surface area contributed by atoms with E-state index in [9.17, 15) is 49.1 Å². The molecule has 15 heteroatoms. The zero-order valence-corrected chi connectivity index (χ0v) is 23.9. The summed E-state index contributed by atoms with van der Waals surface area (Å²) in [5, 5.41) is 4.69. The average molecular weight is 660 g/mol. The lowest BCUT2D eigenvalue weighted by Crippen LogP contribution is -2.53. The lowest BCUT2D eigenvalue weighted by molar-refractivity contribution is -0.274. The van der Waals surface area contributed by atoms with Crippen LogP contribution >= 0.6 is 0 Å². The summed E-state index contributed by atoms with van der Waals surface area (Å²) in [6.07, 6.45) is -13.1. The van der Waals surface area contributed by atoms with Crippen LogP contribution in [0.1, 0.15) is 52.7 Å². The Bertz CT molecular complexity index is 1570. The molecule has 0 aromatic heterocycles. The van der Waals surface area contributed by atoms with Crippen LogP contribution in [0.15, 0.2) is 60.7 Å². The number of piperidine rings is 1. The van der Waals surface area contributed by atoms with Gasteiger partial charge < -0.3 is 20.3 Å². The Morgan fingerprint density at radius 2 is 1.37 bits per heavy atom. The maximum Gasteiger partial charge on any atom is 0.573 e. The minimum absolute atomic E-state index is 0.0336. The van der Waals surface area contributed by atoms with Crippen molar-refractivity contribution in [2.45, 2.75) is 69.4 Å². The van der Waals surface area contributed by atoms with Crippen molar-refractivity contribution < 1.29 is 53.8 Å². The maximum absolute atomic E-state index is 13.8. The highest BCUT2D eigenvalue weighted by molar-refractivity contribution is 5.98. The van der Waals surface area contributed by atoms with Crippen molar-refractivity contribution in [2.24, 2.45) is 0 Å². The molecule has 3 aromatic carbocycles. The van der Waals surface area contributed by atoms with Crippen molar-refractivity contribution in [3.8, 4) is 16.9 Å². The summed E-state index contributed by atoms with van der Waals surface area (Å²) >= 11 is 0. The molecule has 46 heavy (non-hydrogen) atoms. The Kier molecular flexibility index (Phi) is 8.64. The predicted molar refractivity (Wildman–Crippen MR) is 148 cm³/mol. The van der Waals surface area contributed by atoms with Gasteiger partial charge in [-0.2, -0.15) is 26.3 Å². The van der Waals surface area contributed by atoms with Crippen molar-refractivity contribution in [3.05, 3.63) is 82.9 Å². The Labute approximate surface area is 256 Å². The highest BCUT2D eigenvalue weighted by atomic mass is 19.4. The van der Waals surface area contributed by atoms with Gasteiger partial charge in [-0.15, -0.1) is 13.2 Å². The van der Waals surface area contributed by atoms with Gasteiger partial charge in [0.05, 0.1) is 11.1 Å². The van der Waals surface area contributed by atoms with Crippen molar-refractivity contribution in [1.82, 2.24) is 10.2 Å². The van der Waals surface area contributed by atoms with E-state index in [-0.39, 0.29) is 29.8 Å². The molecule has 2 N–H and O–H groups in total. The van der Waals surface area contributed by atoms with E-state index in [1.165, 1.54) is 24.3 Å². The number of urea groups is 1. The lowest BCUT2D eigenvalue weighted by atomic mass is 9.93. The number of carbonyl (C=O) groups is 2. The molecule has 3 amide bonds. The number of nitrogens with one attached hydrogen (secondary N) is 2. The smallest absolute Gasteiger partial charge is 0.406 e. The second-order valence-electron chi connectivity index (χ2n) is 11.2. The maximum atomic E-state index is 13.8. The molecule has 246 valence electrons. The summed E-state index contributed by atoms with van der Waals surface area (Å²) in [4.78, 5) is 28.1. The van der Waals surface area contributed by atoms with Crippen LogP contribution in [0.3, 0.4) is 0 Å². The number of fused-ring (bicyclic) bond motifs is 2. The Morgan fingerprint density at radius 1 is 0.804 bits per heavy atom. The molecule has 5 rings (SSSR count). The number of rotatable bonds is 5. The van der Waals surface area contributed by atoms with E-state index >= 15 is 0 Å². The van der Waals surface area contributed by atoms with E-state index < -0.39 is 47.6 Å². The second-order valence-corrected chi connectivity index (χ2v) is 11.2. The number of carbonyl (C=O) groups excluding carboxylic acids is 2. The first-order valence-corrected chi connectivity index (χ1v) is 14.0. The molecule has 3 aromatic rings. The zero-order valence-electron chi connectivity index (χ0n) is 23.9. The first-order chi connectivity index (χ1) is 21.4. The molecule has 6 nitrogen and oxygen atoms in total. The number of nitrogens with zero attached hydrogens (tertiary/aromatic N) is 1.